The molecule has 0 spiro atoms. The van der Waals surface area contributed by atoms with Crippen molar-refractivity contribution < 1.29 is 22.7 Å². The van der Waals surface area contributed by atoms with Crippen molar-refractivity contribution in [2.24, 2.45) is 5.10 Å². The summed E-state index contributed by atoms with van der Waals surface area (Å²) >= 11 is 5.96. The number of nitrogens with zero attached hydrogens (tertiary/aromatic N) is 2. The van der Waals surface area contributed by atoms with Crippen LogP contribution in [-0.2, 0) is 21.4 Å². The van der Waals surface area contributed by atoms with Crippen LogP contribution in [0.15, 0.2) is 125 Å². The molecule has 0 radical (unpaired) electrons. The van der Waals surface area contributed by atoms with Crippen molar-refractivity contribution in [3.63, 3.8) is 0 Å². The first-order valence-corrected chi connectivity index (χ1v) is 15.7. The Balaban J connectivity index is 1.23. The molecule has 224 valence electrons. The minimum Gasteiger partial charge on any atom is -0.494 e. The van der Waals surface area contributed by atoms with E-state index >= 15 is 0 Å². The quantitative estimate of drug-likeness (QED) is 0.121. The summed E-state index contributed by atoms with van der Waals surface area (Å²) in [5.74, 6) is 0.652. The molecule has 0 atom stereocenters. The fraction of sp³-hybridized carbons (Fsp3) is 0.118. The number of rotatable bonds is 12. The predicted octanol–water partition coefficient (Wildman–Crippen LogP) is 6.82. The van der Waals surface area contributed by atoms with Gasteiger partial charge in [0.25, 0.3) is 15.9 Å². The molecule has 0 aliphatic rings. The maximum atomic E-state index is 13.5. The van der Waals surface area contributed by atoms with Crippen LogP contribution < -0.4 is 19.2 Å². The fourth-order valence-electron chi connectivity index (χ4n) is 4.50. The molecule has 0 unspecified atom stereocenters. The Morgan fingerprint density at radius 3 is 2.23 bits per heavy atom. The van der Waals surface area contributed by atoms with Gasteiger partial charge in [0.2, 0.25) is 0 Å². The summed E-state index contributed by atoms with van der Waals surface area (Å²) in [5, 5.41) is 6.73. The van der Waals surface area contributed by atoms with Gasteiger partial charge >= 0.3 is 0 Å². The number of hydrogen-bond donors (Lipinski definition) is 1. The Bertz CT molecular complexity index is 1860. The molecule has 0 saturated heterocycles. The van der Waals surface area contributed by atoms with Crippen LogP contribution in [0, 0.1) is 0 Å². The zero-order chi connectivity index (χ0) is 30.9. The molecule has 0 aromatic heterocycles. The lowest BCUT2D eigenvalue weighted by molar-refractivity contribution is -0.119. The fourth-order valence-corrected chi connectivity index (χ4v) is 6.05. The lowest BCUT2D eigenvalue weighted by Gasteiger charge is -2.24. The van der Waals surface area contributed by atoms with Gasteiger partial charge in [-0.3, -0.25) is 9.10 Å². The van der Waals surface area contributed by atoms with E-state index in [0.29, 0.717) is 35.4 Å². The summed E-state index contributed by atoms with van der Waals surface area (Å²) < 4.78 is 39.6. The maximum absolute atomic E-state index is 13.5. The zero-order valence-corrected chi connectivity index (χ0v) is 25.5. The molecule has 0 aliphatic heterocycles. The minimum atomic E-state index is -4.10. The number of amides is 1. The molecule has 5 aromatic rings. The Hall–Kier alpha value is -4.86. The molecule has 1 amide bonds. The highest BCUT2D eigenvalue weighted by Crippen LogP contribution is 2.27. The molecule has 8 nitrogen and oxygen atoms in total. The molecule has 0 fully saturated rings. The minimum absolute atomic E-state index is 0.00477. The molecule has 0 bridgehead atoms. The molecule has 5 rings (SSSR count). The van der Waals surface area contributed by atoms with Crippen LogP contribution in [0.4, 0.5) is 5.69 Å². The monoisotopic (exact) mass is 627 g/mol. The van der Waals surface area contributed by atoms with E-state index < -0.39 is 22.5 Å². The van der Waals surface area contributed by atoms with Gasteiger partial charge in [0.1, 0.15) is 24.7 Å². The molecule has 0 saturated carbocycles. The number of carbonyl (C=O) groups is 1. The van der Waals surface area contributed by atoms with Crippen LogP contribution in [-0.4, -0.2) is 33.7 Å². The Labute approximate surface area is 261 Å². The molecule has 44 heavy (non-hydrogen) atoms. The summed E-state index contributed by atoms with van der Waals surface area (Å²) in [6.07, 6.45) is 1.47. The van der Waals surface area contributed by atoms with Crippen LogP contribution >= 0.6 is 11.6 Å². The number of benzene rings is 5. The van der Waals surface area contributed by atoms with Crippen molar-refractivity contribution in [3.05, 3.63) is 131 Å². The van der Waals surface area contributed by atoms with Crippen LogP contribution in [0.3, 0.4) is 0 Å². The molecule has 0 aliphatic carbocycles. The Kier molecular flexibility index (Phi) is 9.79. The second-order valence-corrected chi connectivity index (χ2v) is 12.0. The number of nitrogens with one attached hydrogen (secondary N) is 1. The van der Waals surface area contributed by atoms with E-state index in [1.54, 1.807) is 24.3 Å². The first-order valence-electron chi connectivity index (χ1n) is 13.9. The third-order valence-electron chi connectivity index (χ3n) is 6.68. The average molecular weight is 628 g/mol. The van der Waals surface area contributed by atoms with E-state index in [4.69, 9.17) is 21.1 Å². The van der Waals surface area contributed by atoms with Gasteiger partial charge in [0, 0.05) is 5.02 Å². The SMILES string of the molecule is CCOc1ccc(N(CC(=O)NN=Cc2ccc(OCc3cccc4ccccc34)cc2)S(=O)(=O)c2ccc(Cl)cc2)cc1. The molecular formula is C34H30ClN3O5S. The van der Waals surface area contributed by atoms with Crippen LogP contribution in [0.25, 0.3) is 10.8 Å². The standard InChI is InChI=1S/C34H30ClN3O5S/c1-2-42-30-18-14-29(15-19-30)38(44(40,41)32-20-12-28(35)13-21-32)23-34(39)37-36-22-25-10-16-31(17-11-25)43-24-27-8-5-7-26-6-3-4-9-33(26)27/h3-22H,2,23-24H2,1H3,(H,37,39). The number of ether oxygens (including phenoxy) is 2. The van der Waals surface area contributed by atoms with Crippen LogP contribution in [0.5, 0.6) is 11.5 Å². The summed E-state index contributed by atoms with van der Waals surface area (Å²) in [5.41, 5.74) is 4.53. The van der Waals surface area contributed by atoms with Gasteiger partial charge in [0.15, 0.2) is 0 Å². The predicted molar refractivity (Wildman–Crippen MR) is 174 cm³/mol. The Morgan fingerprint density at radius 1 is 0.841 bits per heavy atom. The van der Waals surface area contributed by atoms with Gasteiger partial charge in [-0.15, -0.1) is 0 Å². The van der Waals surface area contributed by atoms with E-state index in [9.17, 15) is 13.2 Å². The maximum Gasteiger partial charge on any atom is 0.264 e. The molecular weight excluding hydrogens is 598 g/mol. The second-order valence-electron chi connectivity index (χ2n) is 9.68. The van der Waals surface area contributed by atoms with Crippen LogP contribution in [0.2, 0.25) is 5.02 Å². The number of hydrogen-bond acceptors (Lipinski definition) is 6. The van der Waals surface area contributed by atoms with Gasteiger partial charge in [0.05, 0.1) is 23.4 Å². The van der Waals surface area contributed by atoms with Crippen molar-refractivity contribution in [2.45, 2.75) is 18.4 Å². The third-order valence-corrected chi connectivity index (χ3v) is 8.72. The molecule has 10 heteroatoms. The van der Waals surface area contributed by atoms with Crippen molar-refractivity contribution >= 4 is 50.2 Å². The van der Waals surface area contributed by atoms with Gasteiger partial charge in [-0.05, 0) is 102 Å². The van der Waals surface area contributed by atoms with Gasteiger partial charge in [-0.2, -0.15) is 5.10 Å². The average Bonchev–Trinajstić information content (AvgIpc) is 3.04. The van der Waals surface area contributed by atoms with Crippen molar-refractivity contribution in [2.75, 3.05) is 17.5 Å². The summed E-state index contributed by atoms with van der Waals surface area (Å²) in [6.45, 7) is 2.24. The van der Waals surface area contributed by atoms with E-state index in [1.807, 2.05) is 55.5 Å². The molecule has 1 N–H and O–H groups in total. The van der Waals surface area contributed by atoms with Gasteiger partial charge < -0.3 is 9.47 Å². The lowest BCUT2D eigenvalue weighted by atomic mass is 10.1. The molecule has 0 heterocycles. The smallest absolute Gasteiger partial charge is 0.264 e. The Morgan fingerprint density at radius 2 is 1.50 bits per heavy atom. The number of carbonyl (C=O) groups excluding carboxylic acids is 1. The van der Waals surface area contributed by atoms with E-state index in [0.717, 1.165) is 26.2 Å². The molecule has 5 aromatic carbocycles. The first-order chi connectivity index (χ1) is 21.3. The normalized spacial score (nSPS) is 11.4. The first kappa shape index (κ1) is 30.6. The van der Waals surface area contributed by atoms with E-state index in [2.05, 4.69) is 28.7 Å². The topological polar surface area (TPSA) is 97.3 Å². The van der Waals surface area contributed by atoms with Gasteiger partial charge in [-0.1, -0.05) is 54.1 Å². The number of halogens is 1. The summed E-state index contributed by atoms with van der Waals surface area (Å²) in [6, 6.07) is 33.8. The highest BCUT2D eigenvalue weighted by Gasteiger charge is 2.27. The zero-order valence-electron chi connectivity index (χ0n) is 23.9. The van der Waals surface area contributed by atoms with E-state index in [-0.39, 0.29) is 4.90 Å². The number of hydrazone groups is 1. The second kappa shape index (κ2) is 14.1. The highest BCUT2D eigenvalue weighted by molar-refractivity contribution is 7.92. The largest absolute Gasteiger partial charge is 0.494 e. The summed E-state index contributed by atoms with van der Waals surface area (Å²) in [7, 11) is -4.10. The van der Waals surface area contributed by atoms with Gasteiger partial charge in [-0.25, -0.2) is 13.8 Å². The van der Waals surface area contributed by atoms with E-state index in [1.165, 1.54) is 30.5 Å². The number of fused-ring (bicyclic) bond motifs is 1. The summed E-state index contributed by atoms with van der Waals surface area (Å²) in [4.78, 5) is 12.9. The lowest BCUT2D eigenvalue weighted by Crippen LogP contribution is -2.39. The van der Waals surface area contributed by atoms with Crippen molar-refractivity contribution in [1.29, 1.82) is 0 Å². The van der Waals surface area contributed by atoms with Crippen molar-refractivity contribution in [1.82, 2.24) is 5.43 Å². The number of anilines is 1. The van der Waals surface area contributed by atoms with Crippen LogP contribution in [0.1, 0.15) is 18.1 Å². The highest BCUT2D eigenvalue weighted by atomic mass is 35.5. The third kappa shape index (κ3) is 7.55. The van der Waals surface area contributed by atoms with Crippen molar-refractivity contribution in [3.8, 4) is 11.5 Å². The number of sulfonamides is 1.